The van der Waals surface area contributed by atoms with Crippen molar-refractivity contribution in [3.63, 3.8) is 0 Å². The zero-order valence-corrected chi connectivity index (χ0v) is 17.3. The Morgan fingerprint density at radius 1 is 1.03 bits per heavy atom. The van der Waals surface area contributed by atoms with Crippen LogP contribution in [-0.2, 0) is 31.6 Å². The first-order valence-corrected chi connectivity index (χ1v) is 10.6. The van der Waals surface area contributed by atoms with Crippen LogP contribution in [0.25, 0.3) is 0 Å². The molecule has 4 N–H and O–H groups in total. The molecule has 0 aliphatic heterocycles. The van der Waals surface area contributed by atoms with Gasteiger partial charge in [0.25, 0.3) is 0 Å². The minimum absolute atomic E-state index is 0.0323. The highest BCUT2D eigenvalue weighted by atomic mass is 32.2. The fourth-order valence-corrected chi connectivity index (χ4v) is 3.97. The van der Waals surface area contributed by atoms with Gasteiger partial charge in [-0.2, -0.15) is 0 Å². The number of nitrogens with two attached hydrogens (primary N) is 1. The summed E-state index contributed by atoms with van der Waals surface area (Å²) in [5.74, 6) is -2.21. The molecule has 3 amide bonds. The second-order valence-electron chi connectivity index (χ2n) is 6.70. The van der Waals surface area contributed by atoms with Crippen molar-refractivity contribution in [3.05, 3.63) is 66.0 Å². The molecule has 0 saturated heterocycles. The van der Waals surface area contributed by atoms with E-state index in [1.54, 1.807) is 36.4 Å². The van der Waals surface area contributed by atoms with Crippen LogP contribution in [0.2, 0.25) is 0 Å². The second-order valence-corrected chi connectivity index (χ2v) is 8.27. The summed E-state index contributed by atoms with van der Waals surface area (Å²) in [5.41, 5.74) is 5.90. The Hall–Kier alpha value is -3.07. The van der Waals surface area contributed by atoms with E-state index in [1.807, 2.05) is 0 Å². The highest BCUT2D eigenvalue weighted by molar-refractivity contribution is 7.85. The molecule has 2 rings (SSSR count). The van der Waals surface area contributed by atoms with Crippen LogP contribution in [0.5, 0.6) is 0 Å². The molecule has 0 aromatic heterocycles. The molecular weight excluding hydrogens is 409 g/mol. The summed E-state index contributed by atoms with van der Waals surface area (Å²) in [6, 6.07) is 12.3. The summed E-state index contributed by atoms with van der Waals surface area (Å²) >= 11 is 0. The van der Waals surface area contributed by atoms with Crippen LogP contribution in [0, 0.1) is 5.82 Å². The van der Waals surface area contributed by atoms with Crippen LogP contribution in [0.15, 0.2) is 59.5 Å². The van der Waals surface area contributed by atoms with E-state index in [4.69, 9.17) is 5.73 Å². The van der Waals surface area contributed by atoms with Gasteiger partial charge in [-0.25, -0.2) is 4.39 Å². The van der Waals surface area contributed by atoms with Gasteiger partial charge in [0.1, 0.15) is 17.9 Å². The summed E-state index contributed by atoms with van der Waals surface area (Å²) in [6.45, 7) is 1.25. The highest BCUT2D eigenvalue weighted by Gasteiger charge is 2.26. The Morgan fingerprint density at radius 2 is 1.73 bits per heavy atom. The summed E-state index contributed by atoms with van der Waals surface area (Å²) in [6.07, 6.45) is 0.0972. The second kappa shape index (κ2) is 11.2. The van der Waals surface area contributed by atoms with Crippen LogP contribution in [0.4, 0.5) is 4.39 Å². The van der Waals surface area contributed by atoms with E-state index in [0.717, 1.165) is 0 Å². The summed E-state index contributed by atoms with van der Waals surface area (Å²) in [5, 5.41) is 5.00. The van der Waals surface area contributed by atoms with E-state index in [-0.39, 0.29) is 18.6 Å². The first-order chi connectivity index (χ1) is 14.3. The molecule has 0 saturated carbocycles. The van der Waals surface area contributed by atoms with Gasteiger partial charge in [-0.1, -0.05) is 30.3 Å². The fourth-order valence-electron chi connectivity index (χ4n) is 2.83. The molecule has 0 unspecified atom stereocenters. The van der Waals surface area contributed by atoms with Crippen LogP contribution < -0.4 is 16.4 Å². The highest BCUT2D eigenvalue weighted by Crippen LogP contribution is 2.10. The molecule has 0 aliphatic rings. The molecule has 30 heavy (non-hydrogen) atoms. The molecule has 9 heteroatoms. The lowest BCUT2D eigenvalue weighted by atomic mass is 10.0. The lowest BCUT2D eigenvalue weighted by molar-refractivity contribution is -0.130. The van der Waals surface area contributed by atoms with Gasteiger partial charge in [-0.15, -0.1) is 0 Å². The maximum atomic E-state index is 13.4. The third kappa shape index (κ3) is 7.40. The third-order valence-electron chi connectivity index (χ3n) is 4.28. The van der Waals surface area contributed by atoms with E-state index >= 15 is 0 Å². The molecule has 2 aromatic carbocycles. The number of carbonyl (C=O) groups excluding carboxylic acids is 3. The number of carbonyl (C=O) groups is 3. The average Bonchev–Trinajstić information content (AvgIpc) is 2.70. The number of benzene rings is 2. The molecule has 7 nitrogen and oxygen atoms in total. The van der Waals surface area contributed by atoms with Gasteiger partial charge in [-0.3, -0.25) is 18.6 Å². The number of nitrogens with one attached hydrogen (secondary N) is 2. The Balaban J connectivity index is 2.04. The topological polar surface area (TPSA) is 118 Å². The van der Waals surface area contributed by atoms with Gasteiger partial charge in [-0.05, 0) is 36.2 Å². The van der Waals surface area contributed by atoms with Crippen molar-refractivity contribution in [3.8, 4) is 0 Å². The monoisotopic (exact) mass is 433 g/mol. The number of amides is 3. The van der Waals surface area contributed by atoms with Gasteiger partial charge in [0.15, 0.2) is 0 Å². The van der Waals surface area contributed by atoms with E-state index in [1.165, 1.54) is 25.1 Å². The van der Waals surface area contributed by atoms with Crippen molar-refractivity contribution < 1.29 is 23.0 Å². The van der Waals surface area contributed by atoms with E-state index < -0.39 is 46.4 Å². The smallest absolute Gasteiger partial charge is 0.243 e. The largest absolute Gasteiger partial charge is 0.368 e. The van der Waals surface area contributed by atoms with Crippen molar-refractivity contribution in [1.29, 1.82) is 0 Å². The minimum Gasteiger partial charge on any atom is -0.368 e. The van der Waals surface area contributed by atoms with Gasteiger partial charge < -0.3 is 16.4 Å². The first kappa shape index (κ1) is 23.2. The Bertz CT molecular complexity index is 923. The number of rotatable bonds is 10. The molecule has 2 aromatic rings. The molecule has 0 spiro atoms. The lowest BCUT2D eigenvalue weighted by Gasteiger charge is -2.21. The Labute approximate surface area is 176 Å². The molecule has 0 heterocycles. The first-order valence-electron chi connectivity index (χ1n) is 9.31. The summed E-state index contributed by atoms with van der Waals surface area (Å²) in [4.78, 5) is 36.6. The zero-order valence-electron chi connectivity index (χ0n) is 16.5. The van der Waals surface area contributed by atoms with Crippen LogP contribution in [-0.4, -0.2) is 39.8 Å². The minimum atomic E-state index is -1.36. The Kier molecular flexibility index (Phi) is 8.67. The van der Waals surface area contributed by atoms with Crippen molar-refractivity contribution in [2.75, 3.05) is 5.75 Å². The van der Waals surface area contributed by atoms with Gasteiger partial charge in [0.05, 0.1) is 10.8 Å². The predicted molar refractivity (Wildman–Crippen MR) is 111 cm³/mol. The van der Waals surface area contributed by atoms with Crippen molar-refractivity contribution in [2.24, 2.45) is 5.73 Å². The van der Waals surface area contributed by atoms with Gasteiger partial charge >= 0.3 is 0 Å². The summed E-state index contributed by atoms with van der Waals surface area (Å²) < 4.78 is 25.8. The van der Waals surface area contributed by atoms with Gasteiger partial charge in [0, 0.05) is 24.0 Å². The molecule has 3 atom stereocenters. The Morgan fingerprint density at radius 3 is 2.33 bits per heavy atom. The number of primary amides is 1. The summed E-state index contributed by atoms with van der Waals surface area (Å²) in [7, 11) is -1.36. The van der Waals surface area contributed by atoms with Crippen LogP contribution in [0.1, 0.15) is 18.9 Å². The van der Waals surface area contributed by atoms with Gasteiger partial charge in [0.2, 0.25) is 17.7 Å². The van der Waals surface area contributed by atoms with Crippen molar-refractivity contribution in [1.82, 2.24) is 10.6 Å². The molecule has 0 fully saturated rings. The maximum Gasteiger partial charge on any atom is 0.243 e. The van der Waals surface area contributed by atoms with Crippen molar-refractivity contribution >= 4 is 28.5 Å². The standard InChI is InChI=1S/C21H24FN3O4S/c1-14(26)24-19(13-15-6-5-7-16(22)12-15)21(28)25-18(20(23)27)10-11-30(29)17-8-3-2-4-9-17/h2-9,12,18-19H,10-11,13H2,1H3,(H2,23,27)(H,24,26)(H,25,28)/t18-,19-,30-/m0/s1. The van der Waals surface area contributed by atoms with E-state index in [2.05, 4.69) is 10.6 Å². The quantitative estimate of drug-likeness (QED) is 0.519. The molecule has 160 valence electrons. The van der Waals surface area contributed by atoms with Crippen molar-refractivity contribution in [2.45, 2.75) is 36.7 Å². The zero-order chi connectivity index (χ0) is 22.1. The molecular formula is C21H24FN3O4S. The SMILES string of the molecule is CC(=O)N[C@@H](Cc1cccc(F)c1)C(=O)N[C@@H](CC[S@](=O)c1ccccc1)C(N)=O. The molecule has 0 bridgehead atoms. The number of halogens is 1. The fraction of sp³-hybridized carbons (Fsp3) is 0.286. The van der Waals surface area contributed by atoms with Crippen LogP contribution in [0.3, 0.4) is 0 Å². The van der Waals surface area contributed by atoms with E-state index in [0.29, 0.717) is 10.5 Å². The molecule has 0 radical (unpaired) electrons. The normalized spacial score (nSPS) is 13.7. The number of hydrogen-bond acceptors (Lipinski definition) is 4. The average molecular weight is 434 g/mol. The van der Waals surface area contributed by atoms with Crippen LogP contribution >= 0.6 is 0 Å². The predicted octanol–water partition coefficient (Wildman–Crippen LogP) is 1.04. The maximum absolute atomic E-state index is 13.4. The molecule has 0 aliphatic carbocycles. The third-order valence-corrected chi connectivity index (χ3v) is 5.69. The van der Waals surface area contributed by atoms with E-state index in [9.17, 15) is 23.0 Å². The number of hydrogen-bond donors (Lipinski definition) is 3. The lowest BCUT2D eigenvalue weighted by Crippen LogP contribution is -2.53.